The molecule has 6 N–H and O–H groups in total. The molecule has 1 fully saturated rings. The number of aliphatic hydroxyl groups is 5. The highest BCUT2D eigenvalue weighted by Gasteiger charge is 2.44. The van der Waals surface area contributed by atoms with E-state index < -0.39 is 49.5 Å². The van der Waals surface area contributed by atoms with E-state index in [2.05, 4.69) is 104 Å². The van der Waals surface area contributed by atoms with E-state index in [9.17, 15) is 30.3 Å². The van der Waals surface area contributed by atoms with Gasteiger partial charge in [0.1, 0.15) is 24.4 Å². The molecule has 7 atom stereocenters. The maximum atomic E-state index is 13.1. The van der Waals surface area contributed by atoms with Gasteiger partial charge in [-0.05, 0) is 83.5 Å². The van der Waals surface area contributed by atoms with Gasteiger partial charge in [-0.15, -0.1) is 0 Å². The van der Waals surface area contributed by atoms with Crippen LogP contribution in [0, 0.1) is 0 Å². The molecule has 0 aromatic heterocycles. The van der Waals surface area contributed by atoms with Crippen molar-refractivity contribution in [1.82, 2.24) is 5.32 Å². The molecule has 0 saturated carbocycles. The summed E-state index contributed by atoms with van der Waals surface area (Å²) in [6, 6.07) is -0.834. The van der Waals surface area contributed by atoms with Crippen LogP contribution in [0.4, 0.5) is 0 Å². The molecule has 1 saturated heterocycles. The largest absolute Gasteiger partial charge is 0.394 e. The molecule has 0 aliphatic carbocycles. The van der Waals surface area contributed by atoms with Crippen LogP contribution in [-0.4, -0.2) is 87.5 Å². The normalized spacial score (nSPS) is 20.0. The van der Waals surface area contributed by atoms with Crippen molar-refractivity contribution in [3.63, 3.8) is 0 Å². The summed E-state index contributed by atoms with van der Waals surface area (Å²) in [4.78, 5) is 13.1. The minimum absolute atomic E-state index is 0.198. The van der Waals surface area contributed by atoms with E-state index in [-0.39, 0.29) is 12.5 Å². The number of amides is 1. The topological polar surface area (TPSA) is 149 Å². The first-order chi connectivity index (χ1) is 34.8. The molecule has 0 aromatic carbocycles. The Morgan fingerprint density at radius 2 is 0.887 bits per heavy atom. The number of allylic oxidation sites excluding steroid dienone is 15. The van der Waals surface area contributed by atoms with Gasteiger partial charge < -0.3 is 40.3 Å². The number of hydrogen-bond donors (Lipinski definition) is 6. The smallest absolute Gasteiger partial charge is 0.220 e. The van der Waals surface area contributed by atoms with Gasteiger partial charge in [0.15, 0.2) is 6.29 Å². The molecule has 0 bridgehead atoms. The van der Waals surface area contributed by atoms with Crippen LogP contribution >= 0.6 is 0 Å². The Balaban J connectivity index is 2.27. The summed E-state index contributed by atoms with van der Waals surface area (Å²) in [6.07, 6.45) is 66.1. The van der Waals surface area contributed by atoms with Gasteiger partial charge in [-0.1, -0.05) is 239 Å². The van der Waals surface area contributed by atoms with E-state index >= 15 is 0 Å². The second-order valence-corrected chi connectivity index (χ2v) is 19.7. The standard InChI is InChI=1S/C62H107NO8/c1-3-5-7-9-11-13-15-17-19-21-23-25-26-27-28-29-30-32-34-36-38-40-42-44-46-48-50-52-58(66)63-55(54-70-62-61(69)60(68)59(67)57(53-64)71-62)56(65)51-49-47-45-43-41-39-37-35-33-31-24-22-20-18-16-14-12-10-8-6-4-2/h5,7,11,13,17,19,23,25,27-28,30,32,41,43,49,51,55-57,59-62,64-65,67-69H,3-4,6,8-10,12,14-16,18,20-22,24,26,29,31,33-40,42,44-48,50,52-54H2,1-2H3,(H,63,66)/b7-5-,13-11-,19-17-,25-23-,28-27-,32-30-,43-41+,51-49+. The van der Waals surface area contributed by atoms with Crippen molar-refractivity contribution >= 4 is 5.91 Å². The number of carbonyl (C=O) groups is 1. The van der Waals surface area contributed by atoms with Crippen LogP contribution < -0.4 is 5.32 Å². The second kappa shape index (κ2) is 50.6. The van der Waals surface area contributed by atoms with Gasteiger partial charge in [-0.3, -0.25) is 4.79 Å². The van der Waals surface area contributed by atoms with Crippen LogP contribution in [0.1, 0.15) is 232 Å². The Hall–Kier alpha value is -2.89. The SMILES string of the molecule is CC/C=C\C/C=C\C/C=C\C/C=C\C/C=C\C/C=C\CCCCCCCCCCC(=O)NC(COC1OC(CO)C(O)C(O)C1O)C(O)/C=C/CC/C=C/CCCCCCCCCCCCCCCCC. The van der Waals surface area contributed by atoms with Gasteiger partial charge in [-0.2, -0.15) is 0 Å². The van der Waals surface area contributed by atoms with Crippen molar-refractivity contribution in [1.29, 1.82) is 0 Å². The summed E-state index contributed by atoms with van der Waals surface area (Å²) in [5.74, 6) is -0.198. The summed E-state index contributed by atoms with van der Waals surface area (Å²) in [7, 11) is 0. The Bertz CT molecular complexity index is 1430. The van der Waals surface area contributed by atoms with Crippen LogP contribution in [0.25, 0.3) is 0 Å². The zero-order valence-corrected chi connectivity index (χ0v) is 45.2. The Kier molecular flexibility index (Phi) is 47.2. The van der Waals surface area contributed by atoms with E-state index in [1.54, 1.807) is 6.08 Å². The maximum absolute atomic E-state index is 13.1. The molecule has 0 radical (unpaired) electrons. The van der Waals surface area contributed by atoms with Crippen LogP contribution in [-0.2, 0) is 14.3 Å². The fourth-order valence-electron chi connectivity index (χ4n) is 8.59. The third kappa shape index (κ3) is 40.2. The molecule has 1 amide bonds. The molecule has 71 heavy (non-hydrogen) atoms. The van der Waals surface area contributed by atoms with Crippen LogP contribution in [0.2, 0.25) is 0 Å². The molecule has 1 rings (SSSR count). The molecule has 9 nitrogen and oxygen atoms in total. The predicted octanol–water partition coefficient (Wildman–Crippen LogP) is 14.4. The average Bonchev–Trinajstić information content (AvgIpc) is 3.37. The number of unbranched alkanes of at least 4 members (excludes halogenated alkanes) is 24. The van der Waals surface area contributed by atoms with Crippen molar-refractivity contribution in [2.75, 3.05) is 13.2 Å². The lowest BCUT2D eigenvalue weighted by Crippen LogP contribution is -2.60. The number of ether oxygens (including phenoxy) is 2. The Labute approximate surface area is 434 Å². The Morgan fingerprint density at radius 3 is 1.35 bits per heavy atom. The highest BCUT2D eigenvalue weighted by molar-refractivity contribution is 5.76. The second-order valence-electron chi connectivity index (χ2n) is 19.7. The fourth-order valence-corrected chi connectivity index (χ4v) is 8.59. The zero-order valence-electron chi connectivity index (χ0n) is 45.2. The third-order valence-electron chi connectivity index (χ3n) is 13.1. The monoisotopic (exact) mass is 994 g/mol. The van der Waals surface area contributed by atoms with E-state index in [0.717, 1.165) is 89.9 Å². The predicted molar refractivity (Wildman–Crippen MR) is 299 cm³/mol. The molecular weight excluding hydrogens is 887 g/mol. The number of rotatable bonds is 48. The first-order valence-electron chi connectivity index (χ1n) is 29.0. The van der Waals surface area contributed by atoms with Gasteiger partial charge in [0.25, 0.3) is 0 Å². The summed E-state index contributed by atoms with van der Waals surface area (Å²) in [6.45, 7) is 3.65. The van der Waals surface area contributed by atoms with E-state index in [1.807, 2.05) is 6.08 Å². The minimum atomic E-state index is -1.58. The molecular formula is C62H107NO8. The quantitative estimate of drug-likeness (QED) is 0.0261. The van der Waals surface area contributed by atoms with Gasteiger partial charge in [-0.25, -0.2) is 0 Å². The van der Waals surface area contributed by atoms with E-state index in [4.69, 9.17) is 9.47 Å². The first-order valence-corrected chi connectivity index (χ1v) is 29.0. The van der Waals surface area contributed by atoms with Crippen LogP contribution in [0.3, 0.4) is 0 Å². The Morgan fingerprint density at radius 1 is 0.493 bits per heavy atom. The highest BCUT2D eigenvalue weighted by Crippen LogP contribution is 2.23. The van der Waals surface area contributed by atoms with Gasteiger partial charge in [0.05, 0.1) is 25.4 Å². The van der Waals surface area contributed by atoms with Crippen molar-refractivity contribution < 1.29 is 39.8 Å². The third-order valence-corrected chi connectivity index (χ3v) is 13.1. The molecule has 0 spiro atoms. The van der Waals surface area contributed by atoms with Crippen molar-refractivity contribution in [2.45, 2.75) is 275 Å². The molecule has 0 aromatic rings. The number of nitrogens with one attached hydrogen (secondary N) is 1. The minimum Gasteiger partial charge on any atom is -0.394 e. The molecule has 1 aliphatic rings. The van der Waals surface area contributed by atoms with Crippen molar-refractivity contribution in [3.05, 3.63) is 97.2 Å². The number of carbonyl (C=O) groups excluding carboxylic acids is 1. The molecule has 1 heterocycles. The summed E-state index contributed by atoms with van der Waals surface area (Å²) >= 11 is 0. The van der Waals surface area contributed by atoms with Crippen LogP contribution in [0.5, 0.6) is 0 Å². The van der Waals surface area contributed by atoms with E-state index in [0.29, 0.717) is 6.42 Å². The van der Waals surface area contributed by atoms with Gasteiger partial charge >= 0.3 is 0 Å². The average molecular weight is 995 g/mol. The van der Waals surface area contributed by atoms with Crippen LogP contribution in [0.15, 0.2) is 97.2 Å². The maximum Gasteiger partial charge on any atom is 0.220 e. The lowest BCUT2D eigenvalue weighted by Gasteiger charge is -2.40. The van der Waals surface area contributed by atoms with E-state index in [1.165, 1.54) is 122 Å². The van der Waals surface area contributed by atoms with Gasteiger partial charge in [0, 0.05) is 6.42 Å². The molecule has 7 unspecified atom stereocenters. The van der Waals surface area contributed by atoms with Crippen molar-refractivity contribution in [2.24, 2.45) is 0 Å². The van der Waals surface area contributed by atoms with Gasteiger partial charge in [0.2, 0.25) is 5.91 Å². The molecule has 1 aliphatic heterocycles. The first kappa shape index (κ1) is 66.1. The summed E-state index contributed by atoms with van der Waals surface area (Å²) < 4.78 is 11.3. The highest BCUT2D eigenvalue weighted by atomic mass is 16.7. The lowest BCUT2D eigenvalue weighted by molar-refractivity contribution is -0.302. The van der Waals surface area contributed by atoms with Crippen molar-refractivity contribution in [3.8, 4) is 0 Å². The zero-order chi connectivity index (χ0) is 51.5. The lowest BCUT2D eigenvalue weighted by atomic mass is 9.99. The molecule has 408 valence electrons. The molecule has 9 heteroatoms. The summed E-state index contributed by atoms with van der Waals surface area (Å²) in [5.41, 5.74) is 0. The number of aliphatic hydroxyl groups excluding tert-OH is 5. The summed E-state index contributed by atoms with van der Waals surface area (Å²) in [5, 5.41) is 54.5. The fraction of sp³-hybridized carbons (Fsp3) is 0.726. The number of hydrogen-bond acceptors (Lipinski definition) is 8.